The van der Waals surface area contributed by atoms with E-state index in [9.17, 15) is 22.0 Å². The highest BCUT2D eigenvalue weighted by Gasteiger charge is 2.28. The number of halogens is 3. The zero-order valence-corrected chi connectivity index (χ0v) is 26.4. The Kier molecular flexibility index (Phi) is 8.06. The van der Waals surface area contributed by atoms with E-state index in [1.807, 2.05) is 29.9 Å². The highest BCUT2D eigenvalue weighted by molar-refractivity contribution is 7.92. The van der Waals surface area contributed by atoms with E-state index >= 15 is 0 Å². The number of anilines is 1. The number of rotatable bonds is 7. The molecule has 3 aromatic heterocycles. The van der Waals surface area contributed by atoms with Gasteiger partial charge in [-0.2, -0.15) is 5.10 Å². The number of benzene rings is 2. The molecule has 0 bridgehead atoms. The molecule has 2 aromatic carbocycles. The molecule has 3 heterocycles. The van der Waals surface area contributed by atoms with E-state index in [-0.39, 0.29) is 22.8 Å². The summed E-state index contributed by atoms with van der Waals surface area (Å²) in [6, 6.07) is 9.30. The fraction of sp³-hybridized carbons (Fsp3) is 0.300. The Balaban J connectivity index is 1.77. The molecule has 5 rings (SSSR count). The van der Waals surface area contributed by atoms with Crippen molar-refractivity contribution in [2.75, 3.05) is 11.0 Å². The molecule has 0 aliphatic heterocycles. The minimum absolute atomic E-state index is 0.0325. The molecular formula is C30H31ClF2N6O4S. The van der Waals surface area contributed by atoms with Crippen LogP contribution in [0.15, 0.2) is 48.7 Å². The lowest BCUT2D eigenvalue weighted by Gasteiger charge is -2.25. The monoisotopic (exact) mass is 644 g/mol. The maximum atomic E-state index is 14.3. The molecule has 1 amide bonds. The molecular weight excluding hydrogens is 614 g/mol. The van der Waals surface area contributed by atoms with Gasteiger partial charge in [-0.3, -0.25) is 9.40 Å². The van der Waals surface area contributed by atoms with E-state index in [0.717, 1.165) is 17.8 Å². The number of pyridine rings is 1. The van der Waals surface area contributed by atoms with Crippen LogP contribution in [0.1, 0.15) is 38.1 Å². The lowest BCUT2D eigenvalue weighted by Crippen LogP contribution is -2.36. The van der Waals surface area contributed by atoms with Crippen molar-refractivity contribution < 1.29 is 26.7 Å². The molecule has 0 spiro atoms. The van der Waals surface area contributed by atoms with Crippen molar-refractivity contribution in [2.45, 2.75) is 38.8 Å². The summed E-state index contributed by atoms with van der Waals surface area (Å²) >= 11 is 6.58. The number of fused-ring (bicyclic) bond motifs is 2. The first-order chi connectivity index (χ1) is 20.5. The molecule has 10 nitrogen and oxygen atoms in total. The summed E-state index contributed by atoms with van der Waals surface area (Å²) in [4.78, 5) is 18.1. The summed E-state index contributed by atoms with van der Waals surface area (Å²) in [7, 11) is -0.186. The Labute approximate surface area is 258 Å². The number of aromatic nitrogens is 4. The standard InChI is InChI=1S/C30H31ClF2N6O4S/c1-30(2,3)43-29(40)35-23(13-16-11-17(32)14-18(33)12-16)26-20(15-24-22(34-26)9-10-38(24)4)19-7-8-21(31)25-27(19)39(5)36-28(25)37-44(6,41)42/h7-12,14-15,23H,13H2,1-6H3,(H,35,40)(H,36,37). The molecule has 2 N–H and O–H groups in total. The number of carbonyl (C=O) groups is 1. The second kappa shape index (κ2) is 11.4. The van der Waals surface area contributed by atoms with Gasteiger partial charge in [0, 0.05) is 37.5 Å². The number of hydrogen-bond acceptors (Lipinski definition) is 6. The fourth-order valence-corrected chi connectivity index (χ4v) is 5.89. The average Bonchev–Trinajstić information content (AvgIpc) is 3.40. The van der Waals surface area contributed by atoms with Crippen LogP contribution in [0.5, 0.6) is 0 Å². The zero-order chi connectivity index (χ0) is 32.1. The third-order valence-corrected chi connectivity index (χ3v) is 7.67. The molecule has 44 heavy (non-hydrogen) atoms. The topological polar surface area (TPSA) is 120 Å². The summed E-state index contributed by atoms with van der Waals surface area (Å²) in [5.74, 6) is -1.48. The number of amides is 1. The van der Waals surface area contributed by atoms with Crippen molar-refractivity contribution in [3.8, 4) is 11.1 Å². The lowest BCUT2D eigenvalue weighted by atomic mass is 9.94. The van der Waals surface area contributed by atoms with E-state index in [2.05, 4.69) is 15.1 Å². The molecule has 0 radical (unpaired) electrons. The minimum Gasteiger partial charge on any atom is -0.444 e. The van der Waals surface area contributed by atoms with E-state index < -0.39 is 39.4 Å². The van der Waals surface area contributed by atoms with Crippen molar-refractivity contribution in [1.29, 1.82) is 0 Å². The first-order valence-corrected chi connectivity index (χ1v) is 15.8. The molecule has 0 aliphatic rings. The Morgan fingerprint density at radius 2 is 1.75 bits per heavy atom. The highest BCUT2D eigenvalue weighted by Crippen LogP contribution is 2.41. The van der Waals surface area contributed by atoms with Gasteiger partial charge in [-0.05, 0) is 63.1 Å². The van der Waals surface area contributed by atoms with Crippen molar-refractivity contribution in [1.82, 2.24) is 24.6 Å². The van der Waals surface area contributed by atoms with Crippen LogP contribution >= 0.6 is 11.6 Å². The van der Waals surface area contributed by atoms with Crippen molar-refractivity contribution in [3.05, 3.63) is 76.6 Å². The second-order valence-corrected chi connectivity index (χ2v) is 13.8. The molecule has 5 aromatic rings. The van der Waals surface area contributed by atoms with Gasteiger partial charge in [-0.1, -0.05) is 17.7 Å². The molecule has 0 saturated carbocycles. The number of nitrogens with zero attached hydrogens (tertiary/aromatic N) is 4. The first-order valence-electron chi connectivity index (χ1n) is 13.5. The van der Waals surface area contributed by atoms with Gasteiger partial charge in [0.1, 0.15) is 17.2 Å². The molecule has 0 fully saturated rings. The molecule has 14 heteroatoms. The van der Waals surface area contributed by atoms with Gasteiger partial charge in [-0.25, -0.2) is 27.0 Å². The van der Waals surface area contributed by atoms with Crippen LogP contribution in [-0.2, 0) is 35.3 Å². The zero-order valence-electron chi connectivity index (χ0n) is 24.9. The third-order valence-electron chi connectivity index (χ3n) is 6.79. The second-order valence-electron chi connectivity index (χ2n) is 11.6. The molecule has 0 saturated heterocycles. The van der Waals surface area contributed by atoms with Gasteiger partial charge in [0.15, 0.2) is 5.82 Å². The van der Waals surface area contributed by atoms with Crippen LogP contribution in [0, 0.1) is 11.6 Å². The van der Waals surface area contributed by atoms with Crippen LogP contribution in [0.3, 0.4) is 0 Å². The van der Waals surface area contributed by atoms with Crippen molar-refractivity contribution in [3.63, 3.8) is 0 Å². The number of hydrogen-bond donors (Lipinski definition) is 2. The van der Waals surface area contributed by atoms with Gasteiger partial charge in [0.05, 0.1) is 45.0 Å². The predicted molar refractivity (Wildman–Crippen MR) is 166 cm³/mol. The summed E-state index contributed by atoms with van der Waals surface area (Å²) in [5.41, 5.74) is 2.83. The van der Waals surface area contributed by atoms with Gasteiger partial charge in [0.2, 0.25) is 10.0 Å². The van der Waals surface area contributed by atoms with Crippen LogP contribution in [0.25, 0.3) is 33.1 Å². The van der Waals surface area contributed by atoms with Gasteiger partial charge in [0.25, 0.3) is 0 Å². The molecule has 1 atom stereocenters. The van der Waals surface area contributed by atoms with E-state index in [1.165, 1.54) is 16.8 Å². The highest BCUT2D eigenvalue weighted by atomic mass is 35.5. The summed E-state index contributed by atoms with van der Waals surface area (Å²) in [6.07, 6.45) is 2.06. The summed E-state index contributed by atoms with van der Waals surface area (Å²) < 4.78 is 64.1. The van der Waals surface area contributed by atoms with E-state index in [1.54, 1.807) is 40.0 Å². The largest absolute Gasteiger partial charge is 0.444 e. The van der Waals surface area contributed by atoms with Crippen LogP contribution in [0.4, 0.5) is 19.4 Å². The Hall–Kier alpha value is -4.23. The summed E-state index contributed by atoms with van der Waals surface area (Å²) in [6.45, 7) is 5.16. The summed E-state index contributed by atoms with van der Waals surface area (Å²) in [5, 5.41) is 7.86. The number of aryl methyl sites for hydroxylation is 2. The number of alkyl carbamates (subject to hydrolysis) is 1. The third kappa shape index (κ3) is 6.63. The quantitative estimate of drug-likeness (QED) is 0.217. The van der Waals surface area contributed by atoms with Crippen LogP contribution in [-0.4, -0.2) is 45.7 Å². The normalized spacial score (nSPS) is 12.9. The van der Waals surface area contributed by atoms with Crippen molar-refractivity contribution in [2.24, 2.45) is 14.1 Å². The van der Waals surface area contributed by atoms with E-state index in [0.29, 0.717) is 33.2 Å². The Morgan fingerprint density at radius 3 is 2.39 bits per heavy atom. The maximum Gasteiger partial charge on any atom is 0.408 e. The molecule has 0 aliphatic carbocycles. The SMILES string of the molecule is Cn1ccc2nc(C(Cc3cc(F)cc(F)c3)NC(=O)OC(C)(C)C)c(-c3ccc(Cl)c4c(NS(C)(=O)=O)nn(C)c34)cc21. The van der Waals surface area contributed by atoms with Crippen LogP contribution < -0.4 is 10.0 Å². The Bertz CT molecular complexity index is 2010. The fourth-order valence-electron chi connectivity index (χ4n) is 5.15. The van der Waals surface area contributed by atoms with Gasteiger partial charge >= 0.3 is 6.09 Å². The molecule has 1 unspecified atom stereocenters. The smallest absolute Gasteiger partial charge is 0.408 e. The first kappa shape index (κ1) is 31.2. The minimum atomic E-state index is -3.69. The number of nitrogens with one attached hydrogen (secondary N) is 2. The van der Waals surface area contributed by atoms with E-state index in [4.69, 9.17) is 21.3 Å². The Morgan fingerprint density at radius 1 is 1.07 bits per heavy atom. The van der Waals surface area contributed by atoms with Gasteiger partial charge < -0.3 is 14.6 Å². The number of sulfonamides is 1. The molecule has 232 valence electrons. The lowest BCUT2D eigenvalue weighted by molar-refractivity contribution is 0.0502. The van der Waals surface area contributed by atoms with Gasteiger partial charge in [-0.15, -0.1) is 0 Å². The van der Waals surface area contributed by atoms with Crippen molar-refractivity contribution >= 4 is 55.5 Å². The number of carbonyl (C=O) groups excluding carboxylic acids is 1. The van der Waals surface area contributed by atoms with Crippen LogP contribution in [0.2, 0.25) is 5.02 Å². The maximum absolute atomic E-state index is 14.3. The average molecular weight is 645 g/mol. The number of ether oxygens (including phenoxy) is 1. The predicted octanol–water partition coefficient (Wildman–Crippen LogP) is 6.24.